The molecule has 4 aliphatic rings. The Hall–Kier alpha value is -2.49. The van der Waals surface area contributed by atoms with Crippen LogP contribution in [-0.4, -0.2) is 18.6 Å². The maximum absolute atomic E-state index is 12.3. The molecule has 0 heterocycles. The lowest BCUT2D eigenvalue weighted by atomic mass is 9.54. The predicted molar refractivity (Wildman–Crippen MR) is 121 cm³/mol. The van der Waals surface area contributed by atoms with E-state index in [2.05, 4.69) is 41.0 Å². The number of ether oxygens (including phenoxy) is 1. The van der Waals surface area contributed by atoms with Crippen molar-refractivity contribution in [2.45, 2.75) is 51.6 Å². The predicted octanol–water partition coefficient (Wildman–Crippen LogP) is 5.71. The lowest BCUT2D eigenvalue weighted by molar-refractivity contribution is 0.00756. The van der Waals surface area contributed by atoms with E-state index < -0.39 is 0 Å². The van der Waals surface area contributed by atoms with Gasteiger partial charge in [0, 0.05) is 12.6 Å². The van der Waals surface area contributed by atoms with Crippen molar-refractivity contribution in [1.29, 1.82) is 0 Å². The first-order chi connectivity index (χ1) is 14.7. The zero-order valence-electron chi connectivity index (χ0n) is 17.8. The number of nitrogens with one attached hydrogen (secondary N) is 2. The lowest BCUT2D eigenvalue weighted by Gasteiger charge is -2.54. The van der Waals surface area contributed by atoms with Crippen LogP contribution in [0, 0.1) is 23.7 Å². The Morgan fingerprint density at radius 3 is 2.30 bits per heavy atom. The molecule has 0 unspecified atom stereocenters. The van der Waals surface area contributed by atoms with Crippen molar-refractivity contribution < 1.29 is 9.53 Å². The van der Waals surface area contributed by atoms with Crippen molar-refractivity contribution >= 4 is 17.3 Å². The minimum Gasteiger partial charge on any atom is -0.462 e. The van der Waals surface area contributed by atoms with Crippen LogP contribution in [0.15, 0.2) is 48.5 Å². The van der Waals surface area contributed by atoms with Gasteiger partial charge in [0.15, 0.2) is 0 Å². The number of hydrogen-bond acceptors (Lipinski definition) is 4. The number of rotatable bonds is 7. The summed E-state index contributed by atoms with van der Waals surface area (Å²) in [5, 5.41) is 7.48. The fourth-order valence-corrected chi connectivity index (χ4v) is 6.29. The first-order valence-corrected chi connectivity index (χ1v) is 11.5. The largest absolute Gasteiger partial charge is 0.462 e. The average molecular weight is 405 g/mol. The second-order valence-electron chi connectivity index (χ2n) is 9.42. The highest BCUT2D eigenvalue weighted by molar-refractivity contribution is 5.92. The summed E-state index contributed by atoms with van der Waals surface area (Å²) >= 11 is 0. The molecule has 0 saturated heterocycles. The van der Waals surface area contributed by atoms with E-state index >= 15 is 0 Å². The zero-order valence-corrected chi connectivity index (χ0v) is 17.8. The minimum absolute atomic E-state index is 0.263. The Morgan fingerprint density at radius 2 is 1.63 bits per heavy atom. The van der Waals surface area contributed by atoms with Crippen LogP contribution >= 0.6 is 0 Å². The molecule has 4 heteroatoms. The average Bonchev–Trinajstić information content (AvgIpc) is 2.75. The van der Waals surface area contributed by atoms with Crippen LogP contribution in [0.2, 0.25) is 0 Å². The molecule has 2 N–H and O–H groups in total. The highest BCUT2D eigenvalue weighted by Crippen LogP contribution is 2.54. The number of anilines is 2. The smallest absolute Gasteiger partial charge is 0.338 e. The van der Waals surface area contributed by atoms with Gasteiger partial charge in [0.1, 0.15) is 0 Å². The molecular formula is C26H32N2O2. The molecule has 4 aliphatic carbocycles. The van der Waals surface area contributed by atoms with Crippen LogP contribution in [0.25, 0.3) is 0 Å². The molecule has 6 rings (SSSR count). The standard InChI is InChI=1S/C26H32N2O2/c1-2-30-26(29)20-8-9-23(24(15-20)27-16-17-6-4-3-5-7-17)28-25-21-11-18-10-19(13-21)14-22(25)12-18/h3-9,15,18-19,21-22,25,27-28H,2,10-14,16H2,1H3. The maximum Gasteiger partial charge on any atom is 0.338 e. The second-order valence-corrected chi connectivity index (χ2v) is 9.42. The van der Waals surface area contributed by atoms with Gasteiger partial charge in [-0.25, -0.2) is 4.79 Å². The van der Waals surface area contributed by atoms with Crippen LogP contribution in [0.5, 0.6) is 0 Å². The van der Waals surface area contributed by atoms with Gasteiger partial charge in [0.05, 0.1) is 23.5 Å². The Balaban J connectivity index is 1.38. The van der Waals surface area contributed by atoms with E-state index in [4.69, 9.17) is 4.74 Å². The molecule has 0 atom stereocenters. The summed E-state index contributed by atoms with van der Waals surface area (Å²) < 4.78 is 5.23. The van der Waals surface area contributed by atoms with Crippen molar-refractivity contribution in [1.82, 2.24) is 0 Å². The Kier molecular flexibility index (Phi) is 5.41. The van der Waals surface area contributed by atoms with Crippen LogP contribution in [0.1, 0.15) is 54.9 Å². The van der Waals surface area contributed by atoms with Crippen LogP contribution < -0.4 is 10.6 Å². The third-order valence-corrected chi connectivity index (χ3v) is 7.41. The van der Waals surface area contributed by atoms with Gasteiger partial charge in [-0.15, -0.1) is 0 Å². The van der Waals surface area contributed by atoms with Gasteiger partial charge in [-0.2, -0.15) is 0 Å². The normalized spacial score (nSPS) is 28.9. The summed E-state index contributed by atoms with van der Waals surface area (Å²) in [5.41, 5.74) is 3.91. The van der Waals surface area contributed by atoms with Gasteiger partial charge < -0.3 is 15.4 Å². The third-order valence-electron chi connectivity index (χ3n) is 7.41. The van der Waals surface area contributed by atoms with Gasteiger partial charge in [-0.1, -0.05) is 30.3 Å². The van der Waals surface area contributed by atoms with E-state index in [0.717, 1.165) is 41.6 Å². The monoisotopic (exact) mass is 404 g/mol. The molecule has 4 saturated carbocycles. The highest BCUT2D eigenvalue weighted by Gasteiger charge is 2.48. The SMILES string of the molecule is CCOC(=O)c1ccc(NC2C3CC4CC(C3)CC2C4)c(NCc2ccccc2)c1. The summed E-state index contributed by atoms with van der Waals surface area (Å²) in [6, 6.07) is 16.8. The van der Waals surface area contributed by atoms with Crippen molar-refractivity contribution in [2.75, 3.05) is 17.2 Å². The summed E-state index contributed by atoms with van der Waals surface area (Å²) in [4.78, 5) is 12.3. The molecule has 158 valence electrons. The number of benzene rings is 2. The summed E-state index contributed by atoms with van der Waals surface area (Å²) in [6.45, 7) is 2.96. The van der Waals surface area contributed by atoms with E-state index in [1.165, 1.54) is 37.7 Å². The third kappa shape index (κ3) is 3.92. The zero-order chi connectivity index (χ0) is 20.5. The fraction of sp³-hybridized carbons (Fsp3) is 0.500. The number of carbonyl (C=O) groups is 1. The van der Waals surface area contributed by atoms with Crippen molar-refractivity contribution in [3.8, 4) is 0 Å². The van der Waals surface area contributed by atoms with Gasteiger partial charge >= 0.3 is 5.97 Å². The van der Waals surface area contributed by atoms with E-state index in [0.29, 0.717) is 18.2 Å². The van der Waals surface area contributed by atoms with E-state index in [-0.39, 0.29) is 5.97 Å². The molecule has 4 fully saturated rings. The number of esters is 1. The molecule has 2 aromatic rings. The molecule has 0 aliphatic heterocycles. The Bertz CT molecular complexity index is 867. The van der Waals surface area contributed by atoms with Gasteiger partial charge in [0.2, 0.25) is 0 Å². The minimum atomic E-state index is -0.263. The molecule has 2 aromatic carbocycles. The van der Waals surface area contributed by atoms with E-state index in [9.17, 15) is 4.79 Å². The fourth-order valence-electron chi connectivity index (χ4n) is 6.29. The molecule has 0 aromatic heterocycles. The first-order valence-electron chi connectivity index (χ1n) is 11.5. The molecule has 0 radical (unpaired) electrons. The maximum atomic E-state index is 12.3. The molecule has 4 bridgehead atoms. The quantitative estimate of drug-likeness (QED) is 0.580. The summed E-state index contributed by atoms with van der Waals surface area (Å²) in [7, 11) is 0. The number of carbonyl (C=O) groups excluding carboxylic acids is 1. The van der Waals surface area contributed by atoms with E-state index in [1.807, 2.05) is 25.1 Å². The van der Waals surface area contributed by atoms with Gasteiger partial charge in [-0.05, 0) is 86.5 Å². The van der Waals surface area contributed by atoms with Crippen molar-refractivity contribution in [2.24, 2.45) is 23.7 Å². The Labute approximate surface area is 179 Å². The van der Waals surface area contributed by atoms with Gasteiger partial charge in [0.25, 0.3) is 0 Å². The molecular weight excluding hydrogens is 372 g/mol. The number of hydrogen-bond donors (Lipinski definition) is 2. The van der Waals surface area contributed by atoms with Crippen molar-refractivity contribution in [3.05, 3.63) is 59.7 Å². The van der Waals surface area contributed by atoms with Crippen LogP contribution in [0.4, 0.5) is 11.4 Å². The lowest BCUT2D eigenvalue weighted by Crippen LogP contribution is -2.51. The topological polar surface area (TPSA) is 50.4 Å². The molecule has 0 spiro atoms. The van der Waals surface area contributed by atoms with E-state index in [1.54, 1.807) is 0 Å². The molecule has 0 amide bonds. The highest BCUT2D eigenvalue weighted by atomic mass is 16.5. The summed E-state index contributed by atoms with van der Waals surface area (Å²) in [5.74, 6) is 3.27. The Morgan fingerprint density at radius 1 is 0.933 bits per heavy atom. The molecule has 4 nitrogen and oxygen atoms in total. The second kappa shape index (κ2) is 8.33. The van der Waals surface area contributed by atoms with Gasteiger partial charge in [-0.3, -0.25) is 0 Å². The van der Waals surface area contributed by atoms with Crippen molar-refractivity contribution in [3.63, 3.8) is 0 Å². The summed E-state index contributed by atoms with van der Waals surface area (Å²) in [6.07, 6.45) is 7.02. The first kappa shape index (κ1) is 19.5. The van der Waals surface area contributed by atoms with Crippen LogP contribution in [-0.2, 0) is 11.3 Å². The van der Waals surface area contributed by atoms with Crippen LogP contribution in [0.3, 0.4) is 0 Å². The molecule has 30 heavy (non-hydrogen) atoms.